The van der Waals surface area contributed by atoms with Crippen molar-refractivity contribution in [3.63, 3.8) is 0 Å². The van der Waals surface area contributed by atoms with Crippen LogP contribution < -0.4 is 4.90 Å². The topological polar surface area (TPSA) is 21.3 Å². The second kappa shape index (κ2) is 11.3. The summed E-state index contributed by atoms with van der Waals surface area (Å²) in [5.41, 5.74) is 15.1. The molecule has 3 nitrogen and oxygen atoms in total. The zero-order valence-corrected chi connectivity index (χ0v) is 28.3. The first-order valence-corrected chi connectivity index (χ1v) is 17.9. The van der Waals surface area contributed by atoms with Crippen molar-refractivity contribution in [3.05, 3.63) is 205 Å². The van der Waals surface area contributed by atoms with E-state index in [2.05, 4.69) is 185 Å². The third kappa shape index (κ3) is 4.33. The van der Waals surface area contributed by atoms with Crippen molar-refractivity contribution in [2.45, 2.75) is 5.92 Å². The van der Waals surface area contributed by atoms with Crippen LogP contribution in [0.2, 0.25) is 0 Å². The molecule has 1 atom stereocenters. The molecule has 3 heteroatoms. The van der Waals surface area contributed by atoms with E-state index in [0.717, 1.165) is 44.7 Å². The minimum atomic E-state index is 0.151. The van der Waals surface area contributed by atoms with Gasteiger partial charge in [0, 0.05) is 56.3 Å². The molecule has 0 aliphatic heterocycles. The molecule has 244 valence electrons. The van der Waals surface area contributed by atoms with E-state index in [-0.39, 0.29) is 5.92 Å². The summed E-state index contributed by atoms with van der Waals surface area (Å²) in [4.78, 5) is 2.39. The van der Waals surface area contributed by atoms with Gasteiger partial charge in [0.2, 0.25) is 0 Å². The number of hydrogen-bond donors (Lipinski definition) is 0. The molecule has 2 heterocycles. The maximum Gasteiger partial charge on any atom is 0.137 e. The van der Waals surface area contributed by atoms with Crippen LogP contribution in [0.4, 0.5) is 17.1 Å². The van der Waals surface area contributed by atoms with Crippen LogP contribution in [0, 0.1) is 0 Å². The van der Waals surface area contributed by atoms with Crippen molar-refractivity contribution in [1.29, 1.82) is 0 Å². The van der Waals surface area contributed by atoms with Crippen LogP contribution in [-0.2, 0) is 0 Å². The molecule has 0 saturated carbocycles. The molecule has 52 heavy (non-hydrogen) atoms. The fourth-order valence-electron chi connectivity index (χ4n) is 8.60. The Morgan fingerprint density at radius 2 is 1.02 bits per heavy atom. The lowest BCUT2D eigenvalue weighted by Crippen LogP contribution is -2.11. The summed E-state index contributed by atoms with van der Waals surface area (Å²) >= 11 is 0. The largest absolute Gasteiger partial charge is 0.456 e. The number of fused-ring (bicyclic) bond motifs is 9. The van der Waals surface area contributed by atoms with Gasteiger partial charge in [0.1, 0.15) is 11.2 Å². The molecule has 0 N–H and O–H groups in total. The van der Waals surface area contributed by atoms with Crippen molar-refractivity contribution >= 4 is 60.8 Å². The summed E-state index contributed by atoms with van der Waals surface area (Å²) in [6.07, 6.45) is 0. The standard InChI is InChI=1S/C49H32N2O/c1-3-13-32(14-4-1)49-42-20-8-7-17-37(42)38-26-23-34(30-44(38)49)50(36-24-27-41-40-19-10-12-22-47(40)52-48(41)31-36)35-25-28-46-43(29-35)39-18-9-11-21-45(39)51(46)33-15-5-2-6-16-33/h1-31,49H. The van der Waals surface area contributed by atoms with Crippen molar-refractivity contribution in [1.82, 2.24) is 4.57 Å². The van der Waals surface area contributed by atoms with Gasteiger partial charge >= 0.3 is 0 Å². The van der Waals surface area contributed by atoms with E-state index < -0.39 is 0 Å². The van der Waals surface area contributed by atoms with Gasteiger partial charge in [0.15, 0.2) is 0 Å². The summed E-state index contributed by atoms with van der Waals surface area (Å²) in [6, 6.07) is 68.0. The monoisotopic (exact) mass is 664 g/mol. The lowest BCUT2D eigenvalue weighted by molar-refractivity contribution is 0.669. The van der Waals surface area contributed by atoms with Crippen LogP contribution in [0.25, 0.3) is 60.6 Å². The average molecular weight is 665 g/mol. The predicted octanol–water partition coefficient (Wildman–Crippen LogP) is 13.3. The molecule has 1 unspecified atom stereocenters. The van der Waals surface area contributed by atoms with Crippen molar-refractivity contribution < 1.29 is 4.42 Å². The van der Waals surface area contributed by atoms with Crippen molar-refractivity contribution in [2.75, 3.05) is 4.90 Å². The maximum absolute atomic E-state index is 6.46. The van der Waals surface area contributed by atoms with E-state index >= 15 is 0 Å². The molecule has 0 saturated heterocycles. The molecule has 2 aromatic heterocycles. The van der Waals surface area contributed by atoms with Crippen LogP contribution in [-0.4, -0.2) is 4.57 Å². The predicted molar refractivity (Wildman–Crippen MR) is 216 cm³/mol. The number of para-hydroxylation sites is 3. The Hall–Kier alpha value is -6.84. The van der Waals surface area contributed by atoms with Crippen LogP contribution in [0.15, 0.2) is 192 Å². The molecule has 0 bridgehead atoms. The van der Waals surface area contributed by atoms with Gasteiger partial charge < -0.3 is 13.9 Å². The summed E-state index contributed by atoms with van der Waals surface area (Å²) in [7, 11) is 0. The number of nitrogens with zero attached hydrogens (tertiary/aromatic N) is 2. The molecular weight excluding hydrogens is 633 g/mol. The zero-order valence-electron chi connectivity index (χ0n) is 28.3. The first-order valence-electron chi connectivity index (χ1n) is 17.9. The highest BCUT2D eigenvalue weighted by Crippen LogP contribution is 2.50. The smallest absolute Gasteiger partial charge is 0.137 e. The summed E-state index contributed by atoms with van der Waals surface area (Å²) in [6.45, 7) is 0. The quantitative estimate of drug-likeness (QED) is 0.183. The maximum atomic E-state index is 6.46. The van der Waals surface area contributed by atoms with Gasteiger partial charge in [-0.2, -0.15) is 0 Å². The van der Waals surface area contributed by atoms with E-state index in [9.17, 15) is 0 Å². The van der Waals surface area contributed by atoms with E-state index in [1.807, 2.05) is 12.1 Å². The molecule has 1 aliphatic carbocycles. The second-order valence-electron chi connectivity index (χ2n) is 13.7. The molecular formula is C49H32N2O. The lowest BCUT2D eigenvalue weighted by Gasteiger charge is -2.27. The molecule has 1 aliphatic rings. The van der Waals surface area contributed by atoms with Crippen LogP contribution in [0.3, 0.4) is 0 Å². The Bertz CT molecular complexity index is 2970. The zero-order chi connectivity index (χ0) is 34.2. The van der Waals surface area contributed by atoms with Gasteiger partial charge in [0.25, 0.3) is 0 Å². The Labute approximate surface area is 301 Å². The SMILES string of the molecule is c1ccc(C2c3ccccc3-c3ccc(N(c4ccc5c(c4)oc4ccccc45)c4ccc5c(c4)c4ccccc4n5-c4ccccc4)cc32)cc1. The number of benzene rings is 8. The van der Waals surface area contributed by atoms with Crippen LogP contribution in [0.5, 0.6) is 0 Å². The molecule has 0 amide bonds. The van der Waals surface area contributed by atoms with Gasteiger partial charge in [-0.15, -0.1) is 0 Å². The highest BCUT2D eigenvalue weighted by atomic mass is 16.3. The normalized spacial score (nSPS) is 13.6. The summed E-state index contributed by atoms with van der Waals surface area (Å²) in [5, 5.41) is 4.69. The fourth-order valence-corrected chi connectivity index (χ4v) is 8.60. The van der Waals surface area contributed by atoms with E-state index in [4.69, 9.17) is 4.42 Å². The highest BCUT2D eigenvalue weighted by Gasteiger charge is 2.31. The molecule has 0 spiro atoms. The first-order chi connectivity index (χ1) is 25.8. The number of furan rings is 1. The Morgan fingerprint density at radius 1 is 0.404 bits per heavy atom. The number of hydrogen-bond acceptors (Lipinski definition) is 2. The molecule has 11 rings (SSSR count). The Morgan fingerprint density at radius 3 is 1.90 bits per heavy atom. The number of anilines is 3. The van der Waals surface area contributed by atoms with Gasteiger partial charge in [-0.1, -0.05) is 115 Å². The second-order valence-corrected chi connectivity index (χ2v) is 13.7. The van der Waals surface area contributed by atoms with Crippen LogP contribution >= 0.6 is 0 Å². The van der Waals surface area contributed by atoms with Gasteiger partial charge in [0.05, 0.1) is 11.0 Å². The van der Waals surface area contributed by atoms with E-state index in [1.54, 1.807) is 0 Å². The third-order valence-corrected chi connectivity index (χ3v) is 10.8. The Kier molecular flexibility index (Phi) is 6.31. The minimum Gasteiger partial charge on any atom is -0.456 e. The average Bonchev–Trinajstić information content (AvgIpc) is 3.86. The molecule has 10 aromatic rings. The van der Waals surface area contributed by atoms with E-state index in [0.29, 0.717) is 0 Å². The van der Waals surface area contributed by atoms with Crippen molar-refractivity contribution in [3.8, 4) is 16.8 Å². The van der Waals surface area contributed by atoms with Gasteiger partial charge in [-0.3, -0.25) is 0 Å². The van der Waals surface area contributed by atoms with E-state index in [1.165, 1.54) is 49.6 Å². The minimum absolute atomic E-state index is 0.151. The number of rotatable bonds is 5. The lowest BCUT2D eigenvalue weighted by atomic mass is 9.89. The van der Waals surface area contributed by atoms with Crippen LogP contribution in [0.1, 0.15) is 22.6 Å². The third-order valence-electron chi connectivity index (χ3n) is 10.8. The fraction of sp³-hybridized carbons (Fsp3) is 0.0204. The molecule has 8 aromatic carbocycles. The summed E-state index contributed by atoms with van der Waals surface area (Å²) < 4.78 is 8.83. The first kappa shape index (κ1) is 28.9. The Balaban J connectivity index is 1.15. The van der Waals surface area contributed by atoms with Crippen molar-refractivity contribution in [2.24, 2.45) is 0 Å². The number of aromatic nitrogens is 1. The van der Waals surface area contributed by atoms with Gasteiger partial charge in [-0.05, 0) is 94.5 Å². The molecule has 0 fully saturated rings. The highest BCUT2D eigenvalue weighted by molar-refractivity contribution is 6.11. The molecule has 0 radical (unpaired) electrons. The van der Waals surface area contributed by atoms with Gasteiger partial charge in [-0.25, -0.2) is 0 Å². The summed E-state index contributed by atoms with van der Waals surface area (Å²) in [5.74, 6) is 0.151.